The molecule has 106 valence electrons. The maximum atomic E-state index is 13.6. The average Bonchev–Trinajstić information content (AvgIpc) is 2.53. The number of ether oxygens (including phenoxy) is 1. The van der Waals surface area contributed by atoms with Gasteiger partial charge < -0.3 is 10.1 Å². The second-order valence-electron chi connectivity index (χ2n) is 4.45. The van der Waals surface area contributed by atoms with Gasteiger partial charge in [0.15, 0.2) is 0 Å². The van der Waals surface area contributed by atoms with E-state index in [-0.39, 0.29) is 5.82 Å². The monoisotopic (exact) mass is 283 g/mol. The van der Waals surface area contributed by atoms with E-state index in [4.69, 9.17) is 4.74 Å². The molecule has 0 bridgehead atoms. The Kier molecular flexibility index (Phi) is 3.91. The first kappa shape index (κ1) is 13.3. The van der Waals surface area contributed by atoms with Gasteiger partial charge in [0.2, 0.25) is 0 Å². The topological polar surface area (TPSA) is 47.0 Å². The zero-order valence-corrected chi connectivity index (χ0v) is 11.3. The van der Waals surface area contributed by atoms with Crippen LogP contribution < -0.4 is 10.1 Å². The summed E-state index contributed by atoms with van der Waals surface area (Å²) < 4.78 is 19.2. The lowest BCUT2D eigenvalue weighted by molar-refractivity contribution is 0.333. The van der Waals surface area contributed by atoms with Crippen LogP contribution in [0.4, 0.5) is 10.2 Å². The highest BCUT2D eigenvalue weighted by atomic mass is 19.1. The molecule has 0 spiro atoms. The molecule has 0 aliphatic heterocycles. The van der Waals surface area contributed by atoms with Gasteiger partial charge in [0, 0.05) is 5.39 Å². The molecule has 1 aromatic heterocycles. The maximum absolute atomic E-state index is 13.6. The third kappa shape index (κ3) is 3.08. The quantitative estimate of drug-likeness (QED) is 0.730. The van der Waals surface area contributed by atoms with Crippen LogP contribution in [0.2, 0.25) is 0 Å². The SMILES string of the molecule is Fc1cccc2c(NCCOc3ccccc3)ncnc12. The summed E-state index contributed by atoms with van der Waals surface area (Å²) in [4.78, 5) is 8.11. The zero-order valence-electron chi connectivity index (χ0n) is 11.3. The van der Waals surface area contributed by atoms with Crippen molar-refractivity contribution >= 4 is 16.7 Å². The predicted octanol–water partition coefficient (Wildman–Crippen LogP) is 3.26. The Labute approximate surface area is 121 Å². The van der Waals surface area contributed by atoms with E-state index in [0.717, 1.165) is 5.75 Å². The summed E-state index contributed by atoms with van der Waals surface area (Å²) in [6, 6.07) is 14.4. The summed E-state index contributed by atoms with van der Waals surface area (Å²) >= 11 is 0. The fourth-order valence-electron chi connectivity index (χ4n) is 2.05. The Balaban J connectivity index is 1.65. The molecule has 1 heterocycles. The van der Waals surface area contributed by atoms with Gasteiger partial charge in [0.05, 0.1) is 6.54 Å². The molecule has 0 amide bonds. The van der Waals surface area contributed by atoms with Crippen LogP contribution in [0, 0.1) is 5.82 Å². The van der Waals surface area contributed by atoms with Crippen LogP contribution in [0.25, 0.3) is 10.9 Å². The summed E-state index contributed by atoms with van der Waals surface area (Å²) in [6.45, 7) is 1.06. The molecule has 2 aromatic carbocycles. The standard InChI is InChI=1S/C16H14FN3O/c17-14-8-4-7-13-15(14)19-11-20-16(13)18-9-10-21-12-5-2-1-3-6-12/h1-8,11H,9-10H2,(H,18,19,20). The lowest BCUT2D eigenvalue weighted by Gasteiger charge is -2.09. The molecule has 3 rings (SSSR count). The second-order valence-corrected chi connectivity index (χ2v) is 4.45. The summed E-state index contributed by atoms with van der Waals surface area (Å²) in [5.41, 5.74) is 0.318. The van der Waals surface area contributed by atoms with Crippen molar-refractivity contribution in [1.82, 2.24) is 9.97 Å². The number of anilines is 1. The van der Waals surface area contributed by atoms with E-state index in [2.05, 4.69) is 15.3 Å². The number of fused-ring (bicyclic) bond motifs is 1. The van der Waals surface area contributed by atoms with Crippen molar-refractivity contribution in [3.63, 3.8) is 0 Å². The molecule has 0 saturated heterocycles. The zero-order chi connectivity index (χ0) is 14.5. The van der Waals surface area contributed by atoms with Crippen molar-refractivity contribution in [2.75, 3.05) is 18.5 Å². The highest BCUT2D eigenvalue weighted by molar-refractivity contribution is 5.89. The molecular formula is C16H14FN3O. The van der Waals surface area contributed by atoms with Gasteiger partial charge in [0.1, 0.15) is 35.8 Å². The number of benzene rings is 2. The fourth-order valence-corrected chi connectivity index (χ4v) is 2.05. The average molecular weight is 283 g/mol. The Morgan fingerprint density at radius 3 is 2.71 bits per heavy atom. The maximum Gasteiger partial charge on any atom is 0.149 e. The number of hydrogen-bond acceptors (Lipinski definition) is 4. The predicted molar refractivity (Wildman–Crippen MR) is 79.9 cm³/mol. The van der Waals surface area contributed by atoms with E-state index in [0.29, 0.717) is 29.9 Å². The van der Waals surface area contributed by atoms with Crippen molar-refractivity contribution < 1.29 is 9.13 Å². The lowest BCUT2D eigenvalue weighted by Crippen LogP contribution is -2.12. The summed E-state index contributed by atoms with van der Waals surface area (Å²) in [5, 5.41) is 3.81. The van der Waals surface area contributed by atoms with Crippen LogP contribution in [0.15, 0.2) is 54.9 Å². The number of hydrogen-bond donors (Lipinski definition) is 1. The first-order valence-corrected chi connectivity index (χ1v) is 6.65. The molecule has 0 radical (unpaired) electrons. The van der Waals surface area contributed by atoms with E-state index in [1.165, 1.54) is 12.4 Å². The number of aromatic nitrogens is 2. The highest BCUT2D eigenvalue weighted by Crippen LogP contribution is 2.20. The molecule has 0 unspecified atom stereocenters. The van der Waals surface area contributed by atoms with Gasteiger partial charge in [-0.05, 0) is 24.3 Å². The molecular weight excluding hydrogens is 269 g/mol. The van der Waals surface area contributed by atoms with Crippen LogP contribution >= 0.6 is 0 Å². The van der Waals surface area contributed by atoms with Gasteiger partial charge in [-0.1, -0.05) is 24.3 Å². The third-order valence-electron chi connectivity index (χ3n) is 3.02. The molecule has 1 N–H and O–H groups in total. The van der Waals surface area contributed by atoms with Crippen molar-refractivity contribution in [3.8, 4) is 5.75 Å². The van der Waals surface area contributed by atoms with Crippen LogP contribution in [0.3, 0.4) is 0 Å². The smallest absolute Gasteiger partial charge is 0.149 e. The van der Waals surface area contributed by atoms with Crippen molar-refractivity contribution in [2.45, 2.75) is 0 Å². The van der Waals surface area contributed by atoms with Crippen LogP contribution in [-0.2, 0) is 0 Å². The molecule has 3 aromatic rings. The van der Waals surface area contributed by atoms with Crippen LogP contribution in [0.1, 0.15) is 0 Å². The molecule has 5 heteroatoms. The number of para-hydroxylation sites is 2. The van der Waals surface area contributed by atoms with Crippen LogP contribution in [0.5, 0.6) is 5.75 Å². The van der Waals surface area contributed by atoms with Gasteiger partial charge in [0.25, 0.3) is 0 Å². The number of nitrogens with zero attached hydrogens (tertiary/aromatic N) is 2. The minimum Gasteiger partial charge on any atom is -0.492 e. The van der Waals surface area contributed by atoms with Gasteiger partial charge in [-0.15, -0.1) is 0 Å². The van der Waals surface area contributed by atoms with E-state index in [1.54, 1.807) is 12.1 Å². The number of halogens is 1. The lowest BCUT2D eigenvalue weighted by atomic mass is 10.2. The van der Waals surface area contributed by atoms with E-state index in [9.17, 15) is 4.39 Å². The molecule has 0 aliphatic rings. The van der Waals surface area contributed by atoms with Crippen molar-refractivity contribution in [1.29, 1.82) is 0 Å². The molecule has 0 saturated carbocycles. The Hall–Kier alpha value is -2.69. The summed E-state index contributed by atoms with van der Waals surface area (Å²) in [5.74, 6) is 1.08. The van der Waals surface area contributed by atoms with E-state index >= 15 is 0 Å². The van der Waals surface area contributed by atoms with Gasteiger partial charge in [-0.2, -0.15) is 0 Å². The molecule has 4 nitrogen and oxygen atoms in total. The highest BCUT2D eigenvalue weighted by Gasteiger charge is 2.06. The van der Waals surface area contributed by atoms with Crippen LogP contribution in [-0.4, -0.2) is 23.1 Å². The Morgan fingerprint density at radius 2 is 1.86 bits per heavy atom. The third-order valence-corrected chi connectivity index (χ3v) is 3.02. The van der Waals surface area contributed by atoms with E-state index < -0.39 is 0 Å². The minimum absolute atomic E-state index is 0.318. The molecule has 0 aliphatic carbocycles. The molecule has 21 heavy (non-hydrogen) atoms. The van der Waals surface area contributed by atoms with Gasteiger partial charge in [-0.3, -0.25) is 0 Å². The van der Waals surface area contributed by atoms with Gasteiger partial charge in [-0.25, -0.2) is 14.4 Å². The number of rotatable bonds is 5. The van der Waals surface area contributed by atoms with Gasteiger partial charge >= 0.3 is 0 Å². The second kappa shape index (κ2) is 6.17. The number of nitrogens with one attached hydrogen (secondary N) is 1. The summed E-state index contributed by atoms with van der Waals surface area (Å²) in [6.07, 6.45) is 1.35. The van der Waals surface area contributed by atoms with Crippen molar-refractivity contribution in [3.05, 3.63) is 60.7 Å². The summed E-state index contributed by atoms with van der Waals surface area (Å²) in [7, 11) is 0. The molecule has 0 atom stereocenters. The molecule has 0 fully saturated rings. The largest absolute Gasteiger partial charge is 0.492 e. The van der Waals surface area contributed by atoms with E-state index in [1.807, 2.05) is 30.3 Å². The Bertz CT molecular complexity index is 734. The first-order valence-electron chi connectivity index (χ1n) is 6.65. The fraction of sp³-hybridized carbons (Fsp3) is 0.125. The minimum atomic E-state index is -0.349. The first-order chi connectivity index (χ1) is 10.3. The normalized spacial score (nSPS) is 10.5. The Morgan fingerprint density at radius 1 is 1.00 bits per heavy atom. The van der Waals surface area contributed by atoms with Crippen molar-refractivity contribution in [2.24, 2.45) is 0 Å².